The number of unbranched alkanes of at least 4 members (excludes halogenated alkanes) is 1. The molecule has 0 atom stereocenters. The third-order valence-electron chi connectivity index (χ3n) is 4.91. The molecule has 0 aliphatic carbocycles. The van der Waals surface area contributed by atoms with Crippen molar-refractivity contribution < 1.29 is 9.90 Å². The molecule has 2 aromatic heterocycles. The summed E-state index contributed by atoms with van der Waals surface area (Å²) in [6.07, 6.45) is 7.40. The molecule has 3 N–H and O–H groups in total. The van der Waals surface area contributed by atoms with Gasteiger partial charge in [0.15, 0.2) is 0 Å². The Bertz CT molecular complexity index is 1220. The summed E-state index contributed by atoms with van der Waals surface area (Å²) in [5.74, 6) is -0.745. The highest BCUT2D eigenvalue weighted by Crippen LogP contribution is 2.35. The topological polar surface area (TPSA) is 90.9 Å². The summed E-state index contributed by atoms with van der Waals surface area (Å²) in [5, 5.41) is 20.8. The van der Waals surface area contributed by atoms with E-state index < -0.39 is 5.97 Å². The number of aliphatic carboxylic acids is 1. The minimum Gasteiger partial charge on any atom is -0.481 e. The van der Waals surface area contributed by atoms with Crippen molar-refractivity contribution in [3.05, 3.63) is 78.2 Å². The maximum absolute atomic E-state index is 10.6. The highest BCUT2D eigenvalue weighted by Gasteiger charge is 2.08. The van der Waals surface area contributed by atoms with Crippen molar-refractivity contribution in [1.82, 2.24) is 15.2 Å². The molecule has 0 spiro atoms. The number of hydrogen-bond acceptors (Lipinski definition) is 5. The van der Waals surface area contributed by atoms with E-state index in [-0.39, 0.29) is 6.42 Å². The Hall–Kier alpha value is -3.58. The first-order valence-corrected chi connectivity index (χ1v) is 11.3. The van der Waals surface area contributed by atoms with Crippen molar-refractivity contribution in [2.45, 2.75) is 29.1 Å². The van der Waals surface area contributed by atoms with Crippen LogP contribution in [0.25, 0.3) is 23.1 Å². The van der Waals surface area contributed by atoms with Crippen LogP contribution in [0.4, 0.5) is 5.69 Å². The second-order valence-corrected chi connectivity index (χ2v) is 8.40. The number of anilines is 1. The summed E-state index contributed by atoms with van der Waals surface area (Å²) in [6.45, 7) is 0.746. The van der Waals surface area contributed by atoms with Gasteiger partial charge in [0, 0.05) is 40.0 Å². The zero-order valence-electron chi connectivity index (χ0n) is 17.5. The number of carboxylic acids is 1. The average Bonchev–Trinajstić information content (AvgIpc) is 3.21. The van der Waals surface area contributed by atoms with Gasteiger partial charge < -0.3 is 10.4 Å². The molecule has 0 aliphatic heterocycles. The molecule has 7 heteroatoms. The molecule has 0 saturated heterocycles. The van der Waals surface area contributed by atoms with Crippen LogP contribution in [-0.2, 0) is 4.79 Å². The quantitative estimate of drug-likeness (QED) is 0.262. The Morgan fingerprint density at radius 3 is 2.78 bits per heavy atom. The summed E-state index contributed by atoms with van der Waals surface area (Å²) >= 11 is 1.68. The smallest absolute Gasteiger partial charge is 0.303 e. The second-order valence-electron chi connectivity index (χ2n) is 7.28. The van der Waals surface area contributed by atoms with Gasteiger partial charge in [0.05, 0.1) is 16.9 Å². The number of hydrogen-bond donors (Lipinski definition) is 3. The Morgan fingerprint density at radius 2 is 1.94 bits per heavy atom. The molecule has 0 fully saturated rings. The van der Waals surface area contributed by atoms with Crippen LogP contribution in [0.5, 0.6) is 0 Å². The number of carbonyl (C=O) groups is 1. The van der Waals surface area contributed by atoms with Crippen LogP contribution in [0.15, 0.2) is 76.7 Å². The lowest BCUT2D eigenvalue weighted by atomic mass is 10.2. The standard InChI is InChI=1S/C25H24N4O2S/c30-25(31)10-4-6-16-27-22-8-1-2-9-24(22)32-19-12-13-20-21(28-29-23(20)17-19)14-11-18-7-3-5-15-26-18/h1-3,5,7-9,11-15,17,27H,4,6,10,16H2,(H,28,29)(H,30,31). The van der Waals surface area contributed by atoms with Crippen LogP contribution in [0, 0.1) is 0 Å². The highest BCUT2D eigenvalue weighted by atomic mass is 32.2. The number of fused-ring (bicyclic) bond motifs is 1. The molecular weight excluding hydrogens is 420 g/mol. The first-order valence-electron chi connectivity index (χ1n) is 10.5. The predicted octanol–water partition coefficient (Wildman–Crippen LogP) is 5.95. The van der Waals surface area contributed by atoms with E-state index in [9.17, 15) is 4.79 Å². The third kappa shape index (κ3) is 5.76. The largest absolute Gasteiger partial charge is 0.481 e. The fourth-order valence-electron chi connectivity index (χ4n) is 3.30. The number of aromatic nitrogens is 3. The highest BCUT2D eigenvalue weighted by molar-refractivity contribution is 7.99. The number of nitrogens with zero attached hydrogens (tertiary/aromatic N) is 2. The zero-order valence-corrected chi connectivity index (χ0v) is 18.3. The number of H-pyrrole nitrogens is 1. The van der Waals surface area contributed by atoms with Crippen molar-refractivity contribution in [3.8, 4) is 0 Å². The van der Waals surface area contributed by atoms with Gasteiger partial charge in [0.2, 0.25) is 0 Å². The SMILES string of the molecule is O=C(O)CCCCNc1ccccc1Sc1ccc2c(C=Cc3ccccn3)n[nH]c2c1. The van der Waals surface area contributed by atoms with Crippen LogP contribution < -0.4 is 5.32 Å². The molecular formula is C25H24N4O2S. The lowest BCUT2D eigenvalue weighted by Crippen LogP contribution is -2.04. The maximum atomic E-state index is 10.6. The lowest BCUT2D eigenvalue weighted by molar-refractivity contribution is -0.137. The van der Waals surface area contributed by atoms with Crippen LogP contribution in [0.2, 0.25) is 0 Å². The molecule has 0 radical (unpaired) electrons. The average molecular weight is 445 g/mol. The van der Waals surface area contributed by atoms with Gasteiger partial charge in [0.25, 0.3) is 0 Å². The Labute approximate surface area is 190 Å². The van der Waals surface area contributed by atoms with Crippen LogP contribution in [0.3, 0.4) is 0 Å². The van der Waals surface area contributed by atoms with Crippen molar-refractivity contribution in [2.24, 2.45) is 0 Å². The van der Waals surface area contributed by atoms with Gasteiger partial charge >= 0.3 is 5.97 Å². The van der Waals surface area contributed by atoms with Crippen molar-refractivity contribution in [1.29, 1.82) is 0 Å². The van der Waals surface area contributed by atoms with Crippen LogP contribution in [0.1, 0.15) is 30.7 Å². The van der Waals surface area contributed by atoms with Crippen LogP contribution >= 0.6 is 11.8 Å². The van der Waals surface area contributed by atoms with Crippen molar-refractivity contribution in [3.63, 3.8) is 0 Å². The number of aromatic amines is 1. The van der Waals surface area contributed by atoms with Gasteiger partial charge in [-0.3, -0.25) is 14.9 Å². The van der Waals surface area contributed by atoms with E-state index in [1.54, 1.807) is 18.0 Å². The fourth-order valence-corrected chi connectivity index (χ4v) is 4.27. The first kappa shape index (κ1) is 21.6. The minimum absolute atomic E-state index is 0.210. The van der Waals surface area contributed by atoms with Crippen molar-refractivity contribution >= 4 is 46.5 Å². The van der Waals surface area contributed by atoms with E-state index in [4.69, 9.17) is 5.11 Å². The number of rotatable bonds is 10. The van der Waals surface area contributed by atoms with Gasteiger partial charge in [-0.15, -0.1) is 0 Å². The monoisotopic (exact) mass is 444 g/mol. The molecule has 0 unspecified atom stereocenters. The van der Waals surface area contributed by atoms with E-state index in [1.165, 1.54) is 0 Å². The Kier molecular flexibility index (Phi) is 7.19. The summed E-state index contributed by atoms with van der Waals surface area (Å²) < 4.78 is 0. The molecule has 162 valence electrons. The normalized spacial score (nSPS) is 11.2. The molecule has 2 aromatic carbocycles. The number of carboxylic acid groups (broad SMARTS) is 1. The number of pyridine rings is 1. The van der Waals surface area contributed by atoms with Crippen molar-refractivity contribution in [2.75, 3.05) is 11.9 Å². The molecule has 4 aromatic rings. The number of para-hydroxylation sites is 1. The summed E-state index contributed by atoms with van der Waals surface area (Å²) in [6, 6.07) is 20.3. The lowest BCUT2D eigenvalue weighted by Gasteiger charge is -2.11. The zero-order chi connectivity index (χ0) is 22.2. The van der Waals surface area contributed by atoms with E-state index >= 15 is 0 Å². The second kappa shape index (κ2) is 10.6. The summed E-state index contributed by atoms with van der Waals surface area (Å²) in [7, 11) is 0. The molecule has 0 aliphatic rings. The van der Waals surface area contributed by atoms with Gasteiger partial charge in [-0.05, 0) is 67.5 Å². The number of nitrogens with one attached hydrogen (secondary N) is 2. The van der Waals surface area contributed by atoms with Gasteiger partial charge in [-0.2, -0.15) is 5.10 Å². The van der Waals surface area contributed by atoms with E-state index in [2.05, 4.69) is 50.8 Å². The van der Waals surface area contributed by atoms with E-state index in [0.717, 1.165) is 50.7 Å². The van der Waals surface area contributed by atoms with Gasteiger partial charge in [-0.25, -0.2) is 0 Å². The molecule has 2 heterocycles. The van der Waals surface area contributed by atoms with Crippen LogP contribution in [-0.4, -0.2) is 32.8 Å². The maximum Gasteiger partial charge on any atom is 0.303 e. The summed E-state index contributed by atoms with van der Waals surface area (Å²) in [4.78, 5) is 17.2. The fraction of sp³-hybridized carbons (Fsp3) is 0.160. The van der Waals surface area contributed by atoms with E-state index in [1.807, 2.05) is 42.5 Å². The Balaban J connectivity index is 1.44. The third-order valence-corrected chi connectivity index (χ3v) is 5.98. The Morgan fingerprint density at radius 1 is 1.06 bits per heavy atom. The molecule has 0 amide bonds. The first-order chi connectivity index (χ1) is 15.7. The van der Waals surface area contributed by atoms with E-state index in [0.29, 0.717) is 6.42 Å². The molecule has 0 saturated carbocycles. The molecule has 6 nitrogen and oxygen atoms in total. The predicted molar refractivity (Wildman–Crippen MR) is 130 cm³/mol. The van der Waals surface area contributed by atoms with Gasteiger partial charge in [-0.1, -0.05) is 30.0 Å². The number of benzene rings is 2. The molecule has 32 heavy (non-hydrogen) atoms. The molecule has 0 bridgehead atoms. The van der Waals surface area contributed by atoms with Gasteiger partial charge in [0.1, 0.15) is 0 Å². The summed E-state index contributed by atoms with van der Waals surface area (Å²) in [5.41, 5.74) is 3.81. The minimum atomic E-state index is -0.745. The molecule has 4 rings (SSSR count).